The number of imidazole rings is 1. The molecule has 0 spiro atoms. The lowest BCUT2D eigenvalue weighted by Gasteiger charge is -2.24. The summed E-state index contributed by atoms with van der Waals surface area (Å²) in [6, 6.07) is 21.4. The molecule has 4 aromatic rings. The summed E-state index contributed by atoms with van der Waals surface area (Å²) in [6.45, 7) is 1.75. The van der Waals surface area contributed by atoms with E-state index in [0.29, 0.717) is 19.6 Å². The molecule has 0 unspecified atom stereocenters. The Hall–Kier alpha value is -3.29. The third-order valence-electron chi connectivity index (χ3n) is 6.04. The normalized spacial score (nSPS) is 11.4. The molecule has 0 saturated heterocycles. The zero-order valence-corrected chi connectivity index (χ0v) is 21.3. The number of ether oxygens (including phenoxy) is 1. The topological polar surface area (TPSA) is 30.3 Å². The second-order valence-corrected chi connectivity index (χ2v) is 9.27. The Balaban J connectivity index is 1.62. The first-order chi connectivity index (χ1) is 17.9. The smallest absolute Gasteiger partial charge is 0.387 e. The number of unbranched alkanes of at least 4 members (excludes halogenated alkanes) is 1. The van der Waals surface area contributed by atoms with Crippen LogP contribution in [0.1, 0.15) is 36.6 Å². The number of hydrogen-bond acceptors (Lipinski definition) is 3. The van der Waals surface area contributed by atoms with Crippen LogP contribution in [0.2, 0.25) is 5.02 Å². The number of alkyl halides is 2. The van der Waals surface area contributed by atoms with Crippen molar-refractivity contribution in [1.29, 1.82) is 0 Å². The summed E-state index contributed by atoms with van der Waals surface area (Å²) in [7, 11) is 0. The molecule has 0 radical (unpaired) electrons. The number of nitrogens with zero attached hydrogens (tertiary/aromatic N) is 3. The van der Waals surface area contributed by atoms with E-state index in [1.807, 2.05) is 24.4 Å². The molecule has 0 aliphatic rings. The van der Waals surface area contributed by atoms with Gasteiger partial charge in [-0.2, -0.15) is 8.78 Å². The third-order valence-corrected chi connectivity index (χ3v) is 6.33. The Bertz CT molecular complexity index is 1280. The van der Waals surface area contributed by atoms with Crippen molar-refractivity contribution < 1.29 is 17.9 Å². The van der Waals surface area contributed by atoms with Gasteiger partial charge in [0.15, 0.2) is 0 Å². The molecule has 1 heterocycles. The van der Waals surface area contributed by atoms with E-state index in [1.165, 1.54) is 18.2 Å². The van der Waals surface area contributed by atoms with Crippen LogP contribution in [0.3, 0.4) is 0 Å². The second kappa shape index (κ2) is 12.8. The van der Waals surface area contributed by atoms with Crippen molar-refractivity contribution in [3.63, 3.8) is 0 Å². The van der Waals surface area contributed by atoms with Gasteiger partial charge in [-0.1, -0.05) is 73.5 Å². The maximum Gasteiger partial charge on any atom is 0.387 e. The largest absolute Gasteiger partial charge is 0.435 e. The number of hydrogen-bond donors (Lipinski definition) is 0. The van der Waals surface area contributed by atoms with Gasteiger partial charge in [-0.15, -0.1) is 0 Å². The first-order valence-electron chi connectivity index (χ1n) is 12.2. The van der Waals surface area contributed by atoms with E-state index in [2.05, 4.69) is 33.3 Å². The van der Waals surface area contributed by atoms with Crippen molar-refractivity contribution in [1.82, 2.24) is 14.5 Å². The molecule has 0 saturated carbocycles. The Labute approximate surface area is 220 Å². The molecule has 37 heavy (non-hydrogen) atoms. The molecule has 8 heteroatoms. The molecule has 1 aromatic heterocycles. The summed E-state index contributed by atoms with van der Waals surface area (Å²) >= 11 is 6.05. The molecule has 0 fully saturated rings. The maximum atomic E-state index is 13.8. The fraction of sp³-hybridized carbons (Fsp3) is 0.276. The minimum absolute atomic E-state index is 0.0744. The molecule has 0 atom stereocenters. The van der Waals surface area contributed by atoms with Crippen molar-refractivity contribution >= 4 is 11.6 Å². The average Bonchev–Trinajstić information content (AvgIpc) is 3.28. The molecule has 4 rings (SSSR count). The molecule has 0 aliphatic heterocycles. The highest BCUT2D eigenvalue weighted by molar-refractivity contribution is 6.30. The molecule has 4 nitrogen and oxygen atoms in total. The minimum Gasteiger partial charge on any atom is -0.435 e. The zero-order chi connectivity index (χ0) is 26.2. The van der Waals surface area contributed by atoms with Gasteiger partial charge in [0.1, 0.15) is 17.4 Å². The predicted octanol–water partition coefficient (Wildman–Crippen LogP) is 7.95. The van der Waals surface area contributed by atoms with Crippen molar-refractivity contribution in [2.24, 2.45) is 0 Å². The summed E-state index contributed by atoms with van der Waals surface area (Å²) < 4.78 is 45.6. The highest BCUT2D eigenvalue weighted by atomic mass is 35.5. The molecule has 0 amide bonds. The number of halogens is 4. The molecule has 3 aromatic carbocycles. The molecular weight excluding hydrogens is 499 g/mol. The van der Waals surface area contributed by atoms with Crippen LogP contribution in [0, 0.1) is 5.82 Å². The molecule has 0 N–H and O–H groups in total. The van der Waals surface area contributed by atoms with E-state index in [9.17, 15) is 13.2 Å². The van der Waals surface area contributed by atoms with Crippen molar-refractivity contribution in [2.75, 3.05) is 0 Å². The van der Waals surface area contributed by atoms with Crippen LogP contribution in [-0.2, 0) is 26.2 Å². The molecular formula is C29H29ClF3N3O. The van der Waals surface area contributed by atoms with Gasteiger partial charge in [0.05, 0.1) is 16.9 Å². The number of rotatable bonds is 12. The fourth-order valence-corrected chi connectivity index (χ4v) is 4.45. The van der Waals surface area contributed by atoms with Crippen LogP contribution in [0.15, 0.2) is 79.0 Å². The van der Waals surface area contributed by atoms with E-state index in [4.69, 9.17) is 16.6 Å². The fourth-order valence-electron chi connectivity index (χ4n) is 4.25. The van der Waals surface area contributed by atoms with Gasteiger partial charge in [-0.3, -0.25) is 4.90 Å². The minimum atomic E-state index is -2.87. The summed E-state index contributed by atoms with van der Waals surface area (Å²) in [5, 5.41) is 0.0744. The molecule has 194 valence electrons. The van der Waals surface area contributed by atoms with Crippen LogP contribution < -0.4 is 4.74 Å². The average molecular weight is 528 g/mol. The lowest BCUT2D eigenvalue weighted by Crippen LogP contribution is -2.24. The monoisotopic (exact) mass is 527 g/mol. The number of benzene rings is 3. The first kappa shape index (κ1) is 26.8. The Morgan fingerprint density at radius 1 is 0.946 bits per heavy atom. The van der Waals surface area contributed by atoms with Crippen LogP contribution in [-0.4, -0.2) is 21.1 Å². The van der Waals surface area contributed by atoms with E-state index < -0.39 is 12.4 Å². The maximum absolute atomic E-state index is 13.8. The standard InChI is InChI=1S/C29H29ClF3N3O/c1-2-3-15-36-24(17-34-28(36)23-7-5-4-6-8-23)20-35(19-22-11-14-27(31)26(30)16-22)18-21-9-12-25(13-10-21)37-29(32)33/h4-14,16-17,29H,2-3,15,18-20H2,1H3. The Morgan fingerprint density at radius 2 is 1.65 bits per heavy atom. The summed E-state index contributed by atoms with van der Waals surface area (Å²) in [5.74, 6) is 0.569. The number of aromatic nitrogens is 2. The van der Waals surface area contributed by atoms with E-state index in [-0.39, 0.29) is 10.8 Å². The zero-order valence-electron chi connectivity index (χ0n) is 20.6. The van der Waals surface area contributed by atoms with Crippen molar-refractivity contribution in [3.05, 3.63) is 107 Å². The summed E-state index contributed by atoms with van der Waals surface area (Å²) in [6.07, 6.45) is 3.97. The lowest BCUT2D eigenvalue weighted by molar-refractivity contribution is -0.0498. The third kappa shape index (κ3) is 7.37. The van der Waals surface area contributed by atoms with Gasteiger partial charge >= 0.3 is 6.61 Å². The Kier molecular flexibility index (Phi) is 9.25. The van der Waals surface area contributed by atoms with Gasteiger partial charge < -0.3 is 9.30 Å². The summed E-state index contributed by atoms with van der Waals surface area (Å²) in [5.41, 5.74) is 3.90. The van der Waals surface area contributed by atoms with Gasteiger partial charge in [0.25, 0.3) is 0 Å². The highest BCUT2D eigenvalue weighted by Crippen LogP contribution is 2.24. The van der Waals surface area contributed by atoms with E-state index in [1.54, 1.807) is 24.3 Å². The first-order valence-corrected chi connectivity index (χ1v) is 12.6. The van der Waals surface area contributed by atoms with Gasteiger partial charge in [-0.25, -0.2) is 9.37 Å². The second-order valence-electron chi connectivity index (χ2n) is 8.86. The summed E-state index contributed by atoms with van der Waals surface area (Å²) in [4.78, 5) is 6.94. The molecule has 0 bridgehead atoms. The Morgan fingerprint density at radius 3 is 2.32 bits per heavy atom. The molecule has 0 aliphatic carbocycles. The van der Waals surface area contributed by atoms with Gasteiger partial charge in [0.2, 0.25) is 0 Å². The van der Waals surface area contributed by atoms with Crippen molar-refractivity contribution in [2.45, 2.75) is 52.6 Å². The van der Waals surface area contributed by atoms with E-state index in [0.717, 1.165) is 47.6 Å². The van der Waals surface area contributed by atoms with Crippen LogP contribution in [0.25, 0.3) is 11.4 Å². The van der Waals surface area contributed by atoms with Gasteiger partial charge in [0, 0.05) is 31.7 Å². The quantitative estimate of drug-likeness (QED) is 0.187. The SMILES string of the molecule is CCCCn1c(CN(Cc2ccc(OC(F)F)cc2)Cc2ccc(F)c(Cl)c2)cnc1-c1ccccc1. The van der Waals surface area contributed by atoms with E-state index >= 15 is 0 Å². The van der Waals surface area contributed by atoms with Gasteiger partial charge in [-0.05, 0) is 41.8 Å². The van der Waals surface area contributed by atoms with Crippen LogP contribution >= 0.6 is 11.6 Å². The van der Waals surface area contributed by atoms with Crippen LogP contribution in [0.5, 0.6) is 5.75 Å². The van der Waals surface area contributed by atoms with Crippen LogP contribution in [0.4, 0.5) is 13.2 Å². The van der Waals surface area contributed by atoms with Crippen molar-refractivity contribution in [3.8, 4) is 17.1 Å². The highest BCUT2D eigenvalue weighted by Gasteiger charge is 2.17. The lowest BCUT2D eigenvalue weighted by atomic mass is 10.1. The predicted molar refractivity (Wildman–Crippen MR) is 140 cm³/mol.